The lowest BCUT2D eigenvalue weighted by molar-refractivity contribution is -0.134. The summed E-state index contributed by atoms with van der Waals surface area (Å²) in [4.78, 5) is 17.1. The van der Waals surface area contributed by atoms with E-state index >= 15 is 0 Å². The van der Waals surface area contributed by atoms with E-state index in [-0.39, 0.29) is 23.9 Å². The van der Waals surface area contributed by atoms with Crippen LogP contribution in [0.15, 0.2) is 42.5 Å². The molecule has 6 nitrogen and oxygen atoms in total. The Bertz CT molecular complexity index is 957. The summed E-state index contributed by atoms with van der Waals surface area (Å²) in [5, 5.41) is 3.85. The highest BCUT2D eigenvalue weighted by molar-refractivity contribution is 5.79. The molecule has 1 spiro atoms. The Kier molecular flexibility index (Phi) is 5.12. The predicted molar refractivity (Wildman–Crippen MR) is 117 cm³/mol. The first-order chi connectivity index (χ1) is 15.1. The highest BCUT2D eigenvalue weighted by atomic mass is 19.1. The number of benzene rings is 2. The van der Waals surface area contributed by atoms with Gasteiger partial charge in [-0.25, -0.2) is 4.39 Å². The first-order valence-electron chi connectivity index (χ1n) is 11.0. The van der Waals surface area contributed by atoms with Gasteiger partial charge in [-0.2, -0.15) is 0 Å². The fourth-order valence-corrected chi connectivity index (χ4v) is 5.35. The van der Waals surface area contributed by atoms with Crippen LogP contribution >= 0.6 is 0 Å². The van der Waals surface area contributed by atoms with Crippen molar-refractivity contribution in [3.8, 4) is 11.5 Å². The van der Waals surface area contributed by atoms with E-state index in [9.17, 15) is 9.18 Å². The van der Waals surface area contributed by atoms with E-state index in [1.54, 1.807) is 19.2 Å². The molecule has 0 radical (unpaired) electrons. The van der Waals surface area contributed by atoms with Gasteiger partial charge in [-0.3, -0.25) is 4.79 Å². The van der Waals surface area contributed by atoms with Gasteiger partial charge in [0.05, 0.1) is 30.1 Å². The summed E-state index contributed by atoms with van der Waals surface area (Å²) in [7, 11) is 1.69. The zero-order valence-corrected chi connectivity index (χ0v) is 17.8. The van der Waals surface area contributed by atoms with E-state index < -0.39 is 0 Å². The number of hydrogen-bond donors (Lipinski definition) is 1. The summed E-state index contributed by atoms with van der Waals surface area (Å²) in [5.74, 6) is 1.01. The molecule has 2 fully saturated rings. The number of ether oxygens (including phenoxy) is 2. The minimum Gasteiger partial charge on any atom is -0.497 e. The first kappa shape index (κ1) is 20.0. The first-order valence-corrected chi connectivity index (χ1v) is 11.0. The van der Waals surface area contributed by atoms with Crippen molar-refractivity contribution in [1.82, 2.24) is 4.90 Å². The molecule has 0 aromatic heterocycles. The fourth-order valence-electron chi connectivity index (χ4n) is 5.35. The molecule has 0 aliphatic carbocycles. The molecule has 3 heterocycles. The number of likely N-dealkylation sites (tertiary alicyclic amines) is 1. The van der Waals surface area contributed by atoms with Gasteiger partial charge in [0.25, 0.3) is 5.91 Å². The van der Waals surface area contributed by atoms with Crippen molar-refractivity contribution in [3.05, 3.63) is 48.3 Å². The minimum absolute atomic E-state index is 0.0261. The Morgan fingerprint density at radius 2 is 1.87 bits per heavy atom. The molecule has 1 amide bonds. The number of rotatable bonds is 4. The van der Waals surface area contributed by atoms with Crippen LogP contribution in [0.4, 0.5) is 15.8 Å². The fraction of sp³-hybridized carbons (Fsp3) is 0.458. The molecule has 3 aliphatic heterocycles. The van der Waals surface area contributed by atoms with Crippen LogP contribution in [0.2, 0.25) is 0 Å². The summed E-state index contributed by atoms with van der Waals surface area (Å²) >= 11 is 0. The van der Waals surface area contributed by atoms with E-state index in [0.717, 1.165) is 30.8 Å². The third kappa shape index (κ3) is 3.66. The van der Waals surface area contributed by atoms with Gasteiger partial charge in [-0.15, -0.1) is 0 Å². The van der Waals surface area contributed by atoms with Crippen molar-refractivity contribution in [2.45, 2.75) is 37.3 Å². The molecule has 164 valence electrons. The summed E-state index contributed by atoms with van der Waals surface area (Å²) in [6.07, 6.45) is 4.15. The largest absolute Gasteiger partial charge is 0.497 e. The SMILES string of the molecule is COc1ccc2c(c1)NC1(CCN(C(=O)COc3ccc(F)cc3)CC1)C1CCCN21. The molecule has 2 saturated heterocycles. The lowest BCUT2D eigenvalue weighted by Gasteiger charge is -2.53. The highest BCUT2D eigenvalue weighted by Crippen LogP contribution is 2.47. The van der Waals surface area contributed by atoms with E-state index in [2.05, 4.69) is 22.3 Å². The number of anilines is 2. The van der Waals surface area contributed by atoms with Gasteiger partial charge in [-0.05, 0) is 62.1 Å². The van der Waals surface area contributed by atoms with Crippen molar-refractivity contribution >= 4 is 17.3 Å². The number of fused-ring (bicyclic) bond motifs is 4. The second-order valence-electron chi connectivity index (χ2n) is 8.64. The van der Waals surface area contributed by atoms with Crippen LogP contribution in [0.1, 0.15) is 25.7 Å². The number of nitrogens with one attached hydrogen (secondary N) is 1. The lowest BCUT2D eigenvalue weighted by Crippen LogP contribution is -2.63. The number of methoxy groups -OCH3 is 1. The van der Waals surface area contributed by atoms with Gasteiger partial charge in [0.2, 0.25) is 0 Å². The van der Waals surface area contributed by atoms with Crippen molar-refractivity contribution in [2.75, 3.05) is 43.6 Å². The molecule has 31 heavy (non-hydrogen) atoms. The van der Waals surface area contributed by atoms with Crippen molar-refractivity contribution < 1.29 is 18.7 Å². The maximum atomic E-state index is 13.0. The molecule has 7 heteroatoms. The number of amides is 1. The number of carbonyl (C=O) groups is 1. The zero-order chi connectivity index (χ0) is 21.4. The molecule has 2 aromatic rings. The number of carbonyl (C=O) groups excluding carboxylic acids is 1. The van der Waals surface area contributed by atoms with E-state index in [0.29, 0.717) is 24.9 Å². The van der Waals surface area contributed by atoms with Crippen molar-refractivity contribution in [2.24, 2.45) is 0 Å². The smallest absolute Gasteiger partial charge is 0.260 e. The molecular weight excluding hydrogens is 397 g/mol. The van der Waals surface area contributed by atoms with Crippen molar-refractivity contribution in [1.29, 1.82) is 0 Å². The van der Waals surface area contributed by atoms with Gasteiger partial charge < -0.3 is 24.6 Å². The maximum Gasteiger partial charge on any atom is 0.260 e. The number of nitrogens with zero attached hydrogens (tertiary/aromatic N) is 2. The van der Waals surface area contributed by atoms with Gasteiger partial charge in [0, 0.05) is 25.7 Å². The molecule has 1 unspecified atom stereocenters. The monoisotopic (exact) mass is 425 g/mol. The maximum absolute atomic E-state index is 13.0. The van der Waals surface area contributed by atoms with Crippen LogP contribution in [-0.4, -0.2) is 55.7 Å². The highest BCUT2D eigenvalue weighted by Gasteiger charge is 2.49. The van der Waals surface area contributed by atoms with E-state index in [1.165, 1.54) is 30.7 Å². The predicted octanol–water partition coefficient (Wildman–Crippen LogP) is 3.67. The average molecular weight is 426 g/mol. The van der Waals surface area contributed by atoms with Crippen LogP contribution in [0.5, 0.6) is 11.5 Å². The summed E-state index contributed by atoms with van der Waals surface area (Å²) in [5.41, 5.74) is 2.34. The van der Waals surface area contributed by atoms with E-state index in [4.69, 9.17) is 9.47 Å². The normalized spacial score (nSPS) is 21.3. The quantitative estimate of drug-likeness (QED) is 0.810. The third-order valence-electron chi connectivity index (χ3n) is 6.97. The molecule has 2 aromatic carbocycles. The molecule has 1 atom stereocenters. The third-order valence-corrected chi connectivity index (χ3v) is 6.97. The van der Waals surface area contributed by atoms with Crippen LogP contribution in [-0.2, 0) is 4.79 Å². The summed E-state index contributed by atoms with van der Waals surface area (Å²) in [6.45, 7) is 2.44. The second-order valence-corrected chi connectivity index (χ2v) is 8.64. The second kappa shape index (κ2) is 7.94. The van der Waals surface area contributed by atoms with Gasteiger partial charge >= 0.3 is 0 Å². The standard InChI is InChI=1S/C24H28FN3O3/c1-30-19-8-9-21-20(15-19)26-24(22-3-2-12-28(21)22)10-13-27(14-11-24)23(29)16-31-18-6-4-17(25)5-7-18/h4-9,15,22,26H,2-3,10-14,16H2,1H3. The van der Waals surface area contributed by atoms with Crippen LogP contribution < -0.4 is 19.7 Å². The zero-order valence-electron chi connectivity index (χ0n) is 17.8. The Hall–Kier alpha value is -2.96. The van der Waals surface area contributed by atoms with Crippen molar-refractivity contribution in [3.63, 3.8) is 0 Å². The molecule has 0 bridgehead atoms. The number of piperidine rings is 1. The van der Waals surface area contributed by atoms with Gasteiger partial charge in [-0.1, -0.05) is 0 Å². The number of halogens is 1. The molecular formula is C24H28FN3O3. The van der Waals surface area contributed by atoms with Gasteiger partial charge in [0.15, 0.2) is 6.61 Å². The lowest BCUT2D eigenvalue weighted by atomic mass is 9.77. The molecule has 5 rings (SSSR count). The summed E-state index contributed by atoms with van der Waals surface area (Å²) < 4.78 is 24.0. The number of hydrogen-bond acceptors (Lipinski definition) is 5. The van der Waals surface area contributed by atoms with Crippen LogP contribution in [0.25, 0.3) is 0 Å². The average Bonchev–Trinajstić information content (AvgIpc) is 3.30. The molecule has 1 N–H and O–H groups in total. The van der Waals surface area contributed by atoms with E-state index in [1.807, 2.05) is 11.0 Å². The Morgan fingerprint density at radius 3 is 2.61 bits per heavy atom. The Labute approximate surface area is 181 Å². The van der Waals surface area contributed by atoms with Crippen LogP contribution in [0, 0.1) is 5.82 Å². The topological polar surface area (TPSA) is 54.0 Å². The summed E-state index contributed by atoms with van der Waals surface area (Å²) in [6, 6.07) is 12.5. The van der Waals surface area contributed by atoms with Crippen LogP contribution in [0.3, 0.4) is 0 Å². The Balaban J connectivity index is 1.26. The molecule has 0 saturated carbocycles. The van der Waals surface area contributed by atoms with Gasteiger partial charge in [0.1, 0.15) is 17.3 Å². The molecule has 3 aliphatic rings. The minimum atomic E-state index is -0.319. The Morgan fingerprint density at radius 1 is 1.13 bits per heavy atom.